The Labute approximate surface area is 237 Å². The zero-order valence-corrected chi connectivity index (χ0v) is 23.9. The number of carbonyl (C=O) groups excluding carboxylic acids is 3. The molecule has 0 fully saturated rings. The SMILES string of the molecule is CC(C)N1CCc2c(sc(NC(=O)c3ccc(S(=O)(=O)N4CCCc5ccccc54)cc3)c2C(=O)NC(N)=O)C1. The van der Waals surface area contributed by atoms with Gasteiger partial charge < -0.3 is 11.1 Å². The van der Waals surface area contributed by atoms with Gasteiger partial charge in [-0.2, -0.15) is 0 Å². The first kappa shape index (κ1) is 27.8. The number of rotatable bonds is 6. The average Bonchev–Trinajstić information content (AvgIpc) is 3.29. The van der Waals surface area contributed by atoms with Crippen LogP contribution in [0.1, 0.15) is 57.0 Å². The molecule has 10 nitrogen and oxygen atoms in total. The number of thiophene rings is 1. The summed E-state index contributed by atoms with van der Waals surface area (Å²) >= 11 is 1.29. The molecular formula is C28H31N5O5S2. The van der Waals surface area contributed by atoms with Gasteiger partial charge in [0.25, 0.3) is 21.8 Å². The fourth-order valence-electron chi connectivity index (χ4n) is 5.20. The van der Waals surface area contributed by atoms with Gasteiger partial charge >= 0.3 is 6.03 Å². The summed E-state index contributed by atoms with van der Waals surface area (Å²) in [5.74, 6) is -1.17. The first-order chi connectivity index (χ1) is 19.1. The molecule has 4 N–H and O–H groups in total. The van der Waals surface area contributed by atoms with E-state index in [0.29, 0.717) is 36.2 Å². The van der Waals surface area contributed by atoms with Crippen molar-refractivity contribution in [3.05, 3.63) is 75.7 Å². The fraction of sp³-hybridized carbons (Fsp3) is 0.321. The molecule has 2 aliphatic rings. The highest BCUT2D eigenvalue weighted by molar-refractivity contribution is 7.92. The minimum Gasteiger partial charge on any atom is -0.351 e. The number of primary amides is 1. The molecule has 40 heavy (non-hydrogen) atoms. The molecule has 0 unspecified atom stereocenters. The number of benzene rings is 2. The molecule has 3 aromatic rings. The van der Waals surface area contributed by atoms with Crippen LogP contribution < -0.4 is 20.7 Å². The lowest BCUT2D eigenvalue weighted by molar-refractivity contribution is 0.0965. The molecule has 4 amide bonds. The topological polar surface area (TPSA) is 142 Å². The number of amides is 4. The van der Waals surface area contributed by atoms with Crippen LogP contribution in [0.15, 0.2) is 53.4 Å². The summed E-state index contributed by atoms with van der Waals surface area (Å²) in [6.07, 6.45) is 2.14. The summed E-state index contributed by atoms with van der Waals surface area (Å²) < 4.78 is 28.3. The van der Waals surface area contributed by atoms with Crippen molar-refractivity contribution in [2.75, 3.05) is 22.7 Å². The van der Waals surface area contributed by atoms with Crippen LogP contribution in [0.4, 0.5) is 15.5 Å². The smallest absolute Gasteiger partial charge is 0.319 e. The number of para-hydroxylation sites is 1. The molecule has 2 aliphatic heterocycles. The van der Waals surface area contributed by atoms with E-state index in [1.165, 1.54) is 39.9 Å². The van der Waals surface area contributed by atoms with Crippen molar-refractivity contribution in [1.29, 1.82) is 0 Å². The minimum absolute atomic E-state index is 0.0858. The summed E-state index contributed by atoms with van der Waals surface area (Å²) in [6.45, 7) is 5.93. The van der Waals surface area contributed by atoms with Crippen LogP contribution >= 0.6 is 11.3 Å². The number of fused-ring (bicyclic) bond motifs is 2. The Balaban J connectivity index is 1.39. The Bertz CT molecular complexity index is 1580. The van der Waals surface area contributed by atoms with Gasteiger partial charge in [-0.3, -0.25) is 24.1 Å². The zero-order chi connectivity index (χ0) is 28.6. The largest absolute Gasteiger partial charge is 0.351 e. The number of hydrogen-bond acceptors (Lipinski definition) is 7. The Morgan fingerprint density at radius 1 is 0.975 bits per heavy atom. The maximum absolute atomic E-state index is 13.5. The zero-order valence-electron chi connectivity index (χ0n) is 22.3. The van der Waals surface area contributed by atoms with E-state index < -0.39 is 27.9 Å². The monoisotopic (exact) mass is 581 g/mol. The van der Waals surface area contributed by atoms with Gasteiger partial charge in [-0.15, -0.1) is 11.3 Å². The van der Waals surface area contributed by atoms with E-state index in [4.69, 9.17) is 5.73 Å². The predicted molar refractivity (Wildman–Crippen MR) is 154 cm³/mol. The molecule has 0 atom stereocenters. The van der Waals surface area contributed by atoms with E-state index >= 15 is 0 Å². The highest BCUT2D eigenvalue weighted by Crippen LogP contribution is 2.38. The summed E-state index contributed by atoms with van der Waals surface area (Å²) in [7, 11) is -3.82. The number of carbonyl (C=O) groups is 3. The minimum atomic E-state index is -3.82. The van der Waals surface area contributed by atoms with E-state index in [-0.39, 0.29) is 16.0 Å². The van der Waals surface area contributed by atoms with Crippen LogP contribution in [-0.4, -0.2) is 50.3 Å². The number of urea groups is 1. The normalized spacial score (nSPS) is 15.3. The first-order valence-corrected chi connectivity index (χ1v) is 15.3. The molecule has 0 saturated heterocycles. The second-order valence-electron chi connectivity index (χ2n) is 10.1. The molecule has 0 bridgehead atoms. The van der Waals surface area contributed by atoms with Crippen LogP contribution in [-0.2, 0) is 29.4 Å². The summed E-state index contributed by atoms with van der Waals surface area (Å²) in [6, 6.07) is 12.5. The lowest BCUT2D eigenvalue weighted by Gasteiger charge is -2.30. The lowest BCUT2D eigenvalue weighted by atomic mass is 10.0. The van der Waals surface area contributed by atoms with Gasteiger partial charge in [0, 0.05) is 36.1 Å². The second kappa shape index (κ2) is 11.0. The summed E-state index contributed by atoms with van der Waals surface area (Å²) in [5, 5.41) is 5.24. The fourth-order valence-corrected chi connectivity index (χ4v) is 8.00. The van der Waals surface area contributed by atoms with Gasteiger partial charge in [-0.05, 0) is 74.6 Å². The molecule has 0 saturated carbocycles. The van der Waals surface area contributed by atoms with E-state index in [1.807, 2.05) is 18.2 Å². The first-order valence-electron chi connectivity index (χ1n) is 13.1. The number of imide groups is 1. The Morgan fingerprint density at radius 2 is 1.70 bits per heavy atom. The molecule has 0 aliphatic carbocycles. The van der Waals surface area contributed by atoms with Crippen molar-refractivity contribution in [2.24, 2.45) is 5.73 Å². The van der Waals surface area contributed by atoms with Crippen LogP contribution in [0.3, 0.4) is 0 Å². The van der Waals surface area contributed by atoms with Crippen molar-refractivity contribution in [1.82, 2.24) is 10.2 Å². The molecule has 3 heterocycles. The van der Waals surface area contributed by atoms with E-state index in [1.54, 1.807) is 6.07 Å². The molecule has 2 aromatic carbocycles. The summed E-state index contributed by atoms with van der Waals surface area (Å²) in [4.78, 5) is 40.8. The van der Waals surface area contributed by atoms with Crippen molar-refractivity contribution in [3.63, 3.8) is 0 Å². The predicted octanol–water partition coefficient (Wildman–Crippen LogP) is 3.72. The summed E-state index contributed by atoms with van der Waals surface area (Å²) in [5.41, 5.74) is 8.11. The molecule has 5 rings (SSSR count). The average molecular weight is 582 g/mol. The van der Waals surface area contributed by atoms with Crippen molar-refractivity contribution >= 4 is 49.9 Å². The van der Waals surface area contributed by atoms with E-state index in [9.17, 15) is 22.8 Å². The Morgan fingerprint density at radius 3 is 2.40 bits per heavy atom. The van der Waals surface area contributed by atoms with Crippen LogP contribution in [0, 0.1) is 0 Å². The number of nitrogens with two attached hydrogens (primary N) is 1. The van der Waals surface area contributed by atoms with Crippen molar-refractivity contribution < 1.29 is 22.8 Å². The van der Waals surface area contributed by atoms with Crippen LogP contribution in [0.2, 0.25) is 0 Å². The number of nitrogens with zero attached hydrogens (tertiary/aromatic N) is 2. The number of aryl methyl sites for hydroxylation is 1. The van der Waals surface area contributed by atoms with Gasteiger partial charge in [-0.25, -0.2) is 13.2 Å². The molecule has 1 aromatic heterocycles. The number of nitrogens with one attached hydrogen (secondary N) is 2. The molecule has 210 valence electrons. The molecular weight excluding hydrogens is 550 g/mol. The maximum Gasteiger partial charge on any atom is 0.319 e. The molecule has 0 spiro atoms. The van der Waals surface area contributed by atoms with E-state index in [2.05, 4.69) is 29.4 Å². The van der Waals surface area contributed by atoms with Gasteiger partial charge in [0.2, 0.25) is 0 Å². The third kappa shape index (κ3) is 5.34. The van der Waals surface area contributed by atoms with E-state index in [0.717, 1.165) is 35.4 Å². The highest BCUT2D eigenvalue weighted by Gasteiger charge is 2.31. The van der Waals surface area contributed by atoms with Crippen molar-refractivity contribution in [3.8, 4) is 0 Å². The number of hydrogen-bond donors (Lipinski definition) is 3. The Hall–Kier alpha value is -3.74. The van der Waals surface area contributed by atoms with Gasteiger partial charge in [-0.1, -0.05) is 18.2 Å². The lowest BCUT2D eigenvalue weighted by Crippen LogP contribution is -2.38. The van der Waals surface area contributed by atoms with Crippen LogP contribution in [0.25, 0.3) is 0 Å². The molecule has 12 heteroatoms. The van der Waals surface area contributed by atoms with Crippen molar-refractivity contribution in [2.45, 2.75) is 50.6 Å². The van der Waals surface area contributed by atoms with Gasteiger partial charge in [0.1, 0.15) is 5.00 Å². The highest BCUT2D eigenvalue weighted by atomic mass is 32.2. The quantitative estimate of drug-likeness (QED) is 0.405. The number of anilines is 2. The van der Waals surface area contributed by atoms with Crippen LogP contribution in [0.5, 0.6) is 0 Å². The third-order valence-corrected chi connectivity index (χ3v) is 10.2. The van der Waals surface area contributed by atoms with Gasteiger partial charge in [0.15, 0.2) is 0 Å². The third-order valence-electron chi connectivity index (χ3n) is 7.28. The standard InChI is InChI=1S/C28H31N5O5S2/c1-17(2)32-15-13-21-23(16-32)39-27(24(21)26(35)31-28(29)36)30-25(34)19-9-11-20(12-10-19)40(37,38)33-14-5-7-18-6-3-4-8-22(18)33/h3-4,6,8-12,17H,5,7,13-16H2,1-2H3,(H,30,34)(H3,29,31,35,36). The maximum atomic E-state index is 13.5. The second-order valence-corrected chi connectivity index (χ2v) is 13.1. The molecule has 0 radical (unpaired) electrons. The number of sulfonamides is 1. The Kier molecular flexibility index (Phi) is 7.67. The van der Waals surface area contributed by atoms with Gasteiger partial charge in [0.05, 0.1) is 16.1 Å².